The van der Waals surface area contributed by atoms with E-state index in [0.29, 0.717) is 23.4 Å². The lowest BCUT2D eigenvalue weighted by molar-refractivity contribution is 0.0526. The van der Waals surface area contributed by atoms with Crippen LogP contribution in [0.4, 0.5) is 11.4 Å². The number of anilines is 2. The number of ether oxygens (including phenoxy) is 1. The fourth-order valence-corrected chi connectivity index (χ4v) is 2.81. The van der Waals surface area contributed by atoms with Crippen molar-refractivity contribution in [2.45, 2.75) is 19.9 Å². The zero-order valence-electron chi connectivity index (χ0n) is 16.4. The lowest BCUT2D eigenvalue weighted by atomic mass is 10.1. The number of hydrogen-bond acceptors (Lipinski definition) is 5. The van der Waals surface area contributed by atoms with Gasteiger partial charge in [-0.2, -0.15) is 0 Å². The number of carbonyl (C=O) groups is 2. The zero-order chi connectivity index (χ0) is 20.6. The first-order chi connectivity index (χ1) is 14.1. The van der Waals surface area contributed by atoms with Gasteiger partial charge in [-0.3, -0.25) is 9.78 Å². The zero-order valence-corrected chi connectivity index (χ0v) is 16.4. The van der Waals surface area contributed by atoms with E-state index in [1.165, 1.54) is 6.20 Å². The molecule has 6 nitrogen and oxygen atoms in total. The predicted octanol–water partition coefficient (Wildman–Crippen LogP) is 4.49. The Labute approximate surface area is 169 Å². The smallest absolute Gasteiger partial charge is 0.338 e. The van der Waals surface area contributed by atoms with Gasteiger partial charge in [0.15, 0.2) is 0 Å². The van der Waals surface area contributed by atoms with Gasteiger partial charge >= 0.3 is 5.97 Å². The van der Waals surface area contributed by atoms with Crippen LogP contribution in [0.2, 0.25) is 0 Å². The van der Waals surface area contributed by atoms with Gasteiger partial charge in [-0.25, -0.2) is 4.79 Å². The highest BCUT2D eigenvalue weighted by Crippen LogP contribution is 2.19. The van der Waals surface area contributed by atoms with E-state index in [1.807, 2.05) is 37.3 Å². The van der Waals surface area contributed by atoms with Crippen molar-refractivity contribution >= 4 is 23.3 Å². The summed E-state index contributed by atoms with van der Waals surface area (Å²) in [6.45, 7) is 4.04. The fourth-order valence-electron chi connectivity index (χ4n) is 2.81. The second-order valence-corrected chi connectivity index (χ2v) is 6.49. The third-order valence-electron chi connectivity index (χ3n) is 4.33. The lowest BCUT2D eigenvalue weighted by Gasteiger charge is -2.15. The molecule has 0 aliphatic carbocycles. The molecule has 2 N–H and O–H groups in total. The van der Waals surface area contributed by atoms with Gasteiger partial charge in [0.05, 0.1) is 35.7 Å². The van der Waals surface area contributed by atoms with Crippen LogP contribution >= 0.6 is 0 Å². The first-order valence-electron chi connectivity index (χ1n) is 9.42. The van der Waals surface area contributed by atoms with Crippen LogP contribution in [-0.2, 0) is 4.74 Å². The van der Waals surface area contributed by atoms with Crippen LogP contribution in [0.5, 0.6) is 0 Å². The summed E-state index contributed by atoms with van der Waals surface area (Å²) in [4.78, 5) is 28.5. The van der Waals surface area contributed by atoms with Crippen molar-refractivity contribution in [3.8, 4) is 0 Å². The topological polar surface area (TPSA) is 80.3 Å². The van der Waals surface area contributed by atoms with Crippen LogP contribution in [0, 0.1) is 0 Å². The van der Waals surface area contributed by atoms with E-state index in [1.54, 1.807) is 43.5 Å². The standard InChI is InChI=1S/C23H23N3O3/c1-3-29-23(28)18-9-11-20(12-10-18)26-21-13-19(14-24-15-21)22(27)25-16(2)17-7-5-4-6-8-17/h4-16,26H,3H2,1-2H3,(H,25,27). The Hall–Kier alpha value is -3.67. The Morgan fingerprint density at radius 2 is 1.69 bits per heavy atom. The van der Waals surface area contributed by atoms with E-state index >= 15 is 0 Å². The average molecular weight is 389 g/mol. The molecule has 1 heterocycles. The molecule has 0 aliphatic heterocycles. The van der Waals surface area contributed by atoms with Crippen LogP contribution < -0.4 is 10.6 Å². The minimum atomic E-state index is -0.355. The number of pyridine rings is 1. The summed E-state index contributed by atoms with van der Waals surface area (Å²) in [5.74, 6) is -0.554. The maximum absolute atomic E-state index is 12.6. The number of nitrogens with one attached hydrogen (secondary N) is 2. The molecule has 0 aliphatic rings. The summed E-state index contributed by atoms with van der Waals surface area (Å²) in [5, 5.41) is 6.17. The molecular formula is C23H23N3O3. The van der Waals surface area contributed by atoms with Crippen molar-refractivity contribution in [1.82, 2.24) is 10.3 Å². The van der Waals surface area contributed by atoms with Gasteiger partial charge < -0.3 is 15.4 Å². The molecular weight excluding hydrogens is 366 g/mol. The number of carbonyl (C=O) groups excluding carboxylic acids is 2. The van der Waals surface area contributed by atoms with Crippen LogP contribution in [-0.4, -0.2) is 23.5 Å². The summed E-state index contributed by atoms with van der Waals surface area (Å²) in [7, 11) is 0. The highest BCUT2D eigenvalue weighted by molar-refractivity contribution is 5.95. The van der Waals surface area contributed by atoms with E-state index in [-0.39, 0.29) is 17.9 Å². The second kappa shape index (κ2) is 9.50. The number of nitrogens with zero attached hydrogens (tertiary/aromatic N) is 1. The van der Waals surface area contributed by atoms with E-state index in [9.17, 15) is 9.59 Å². The molecule has 6 heteroatoms. The van der Waals surface area contributed by atoms with E-state index in [0.717, 1.165) is 11.3 Å². The lowest BCUT2D eigenvalue weighted by Crippen LogP contribution is -2.26. The summed E-state index contributed by atoms with van der Waals surface area (Å²) in [5.41, 5.74) is 3.42. The molecule has 1 amide bonds. The van der Waals surface area contributed by atoms with Crippen molar-refractivity contribution in [2.75, 3.05) is 11.9 Å². The molecule has 1 unspecified atom stereocenters. The largest absolute Gasteiger partial charge is 0.462 e. The number of aromatic nitrogens is 1. The van der Waals surface area contributed by atoms with Gasteiger partial charge in [0, 0.05) is 11.9 Å². The molecule has 2 aromatic carbocycles. The summed E-state index contributed by atoms with van der Waals surface area (Å²) in [6, 6.07) is 18.3. The molecule has 0 radical (unpaired) electrons. The van der Waals surface area contributed by atoms with Crippen LogP contribution in [0.1, 0.15) is 46.2 Å². The molecule has 0 spiro atoms. The van der Waals surface area contributed by atoms with E-state index < -0.39 is 0 Å². The van der Waals surface area contributed by atoms with Crippen LogP contribution in [0.25, 0.3) is 0 Å². The van der Waals surface area contributed by atoms with E-state index in [4.69, 9.17) is 4.74 Å². The quantitative estimate of drug-likeness (QED) is 0.582. The van der Waals surface area contributed by atoms with Crippen molar-refractivity contribution in [3.63, 3.8) is 0 Å². The molecule has 0 saturated heterocycles. The molecule has 148 valence electrons. The molecule has 3 rings (SSSR count). The summed E-state index contributed by atoms with van der Waals surface area (Å²) < 4.78 is 4.98. The van der Waals surface area contributed by atoms with E-state index in [2.05, 4.69) is 15.6 Å². The number of esters is 1. The predicted molar refractivity (Wildman–Crippen MR) is 112 cm³/mol. The molecule has 1 atom stereocenters. The Morgan fingerprint density at radius 3 is 2.38 bits per heavy atom. The van der Waals surface area contributed by atoms with Gasteiger partial charge in [0.25, 0.3) is 5.91 Å². The van der Waals surface area contributed by atoms with Gasteiger partial charge in [-0.15, -0.1) is 0 Å². The van der Waals surface area contributed by atoms with Crippen molar-refractivity contribution in [3.05, 3.63) is 89.7 Å². The second-order valence-electron chi connectivity index (χ2n) is 6.49. The minimum absolute atomic E-state index is 0.115. The highest BCUT2D eigenvalue weighted by atomic mass is 16.5. The molecule has 1 aromatic heterocycles. The Balaban J connectivity index is 1.66. The molecule has 0 fully saturated rings. The normalized spacial score (nSPS) is 11.4. The van der Waals surface area contributed by atoms with Crippen LogP contribution in [0.15, 0.2) is 73.1 Å². The molecule has 29 heavy (non-hydrogen) atoms. The van der Waals surface area contributed by atoms with Gasteiger partial charge in [0.2, 0.25) is 0 Å². The first-order valence-corrected chi connectivity index (χ1v) is 9.42. The first kappa shape index (κ1) is 20.1. The number of benzene rings is 2. The van der Waals surface area contributed by atoms with Crippen LogP contribution in [0.3, 0.4) is 0 Å². The highest BCUT2D eigenvalue weighted by Gasteiger charge is 2.12. The maximum Gasteiger partial charge on any atom is 0.338 e. The number of rotatable bonds is 7. The summed E-state index contributed by atoms with van der Waals surface area (Å²) >= 11 is 0. The van der Waals surface area contributed by atoms with Gasteiger partial charge in [-0.1, -0.05) is 30.3 Å². The Kier molecular flexibility index (Phi) is 6.58. The monoisotopic (exact) mass is 389 g/mol. The fraction of sp³-hybridized carbons (Fsp3) is 0.174. The minimum Gasteiger partial charge on any atom is -0.462 e. The Morgan fingerprint density at radius 1 is 0.966 bits per heavy atom. The third-order valence-corrected chi connectivity index (χ3v) is 4.33. The number of hydrogen-bond donors (Lipinski definition) is 2. The number of amides is 1. The average Bonchev–Trinajstić information content (AvgIpc) is 2.75. The van der Waals surface area contributed by atoms with Crippen molar-refractivity contribution in [1.29, 1.82) is 0 Å². The Bertz CT molecular complexity index is 972. The summed E-state index contributed by atoms with van der Waals surface area (Å²) in [6.07, 6.45) is 3.17. The third kappa shape index (κ3) is 5.42. The van der Waals surface area contributed by atoms with Gasteiger partial charge in [-0.05, 0) is 49.7 Å². The maximum atomic E-state index is 12.6. The van der Waals surface area contributed by atoms with Gasteiger partial charge in [0.1, 0.15) is 0 Å². The SMILES string of the molecule is CCOC(=O)c1ccc(Nc2cncc(C(=O)NC(C)c3ccccc3)c2)cc1. The molecule has 0 saturated carbocycles. The molecule has 0 bridgehead atoms. The molecule has 3 aromatic rings. The van der Waals surface area contributed by atoms with Crippen molar-refractivity contribution < 1.29 is 14.3 Å². The van der Waals surface area contributed by atoms with Crippen molar-refractivity contribution in [2.24, 2.45) is 0 Å².